The van der Waals surface area contributed by atoms with Crippen molar-refractivity contribution in [1.29, 1.82) is 0 Å². The van der Waals surface area contributed by atoms with E-state index in [4.69, 9.17) is 0 Å². The van der Waals surface area contributed by atoms with Crippen LogP contribution in [0.5, 0.6) is 0 Å². The van der Waals surface area contributed by atoms with Gasteiger partial charge in [0, 0.05) is 30.1 Å². The molecule has 0 aromatic heterocycles. The number of likely N-dealkylation sites (N-methyl/N-ethyl adjacent to an activating group) is 1. The van der Waals surface area contributed by atoms with Gasteiger partial charge in [0.2, 0.25) is 5.91 Å². The molecule has 7 atom stereocenters. The van der Waals surface area contributed by atoms with Crippen molar-refractivity contribution in [3.63, 3.8) is 0 Å². The van der Waals surface area contributed by atoms with Gasteiger partial charge in [-0.3, -0.25) is 9.59 Å². The van der Waals surface area contributed by atoms with Gasteiger partial charge in [0.1, 0.15) is 0 Å². The number of fused-ring (bicyclic) bond motifs is 5. The van der Waals surface area contributed by atoms with E-state index in [-0.39, 0.29) is 28.7 Å². The Morgan fingerprint density at radius 1 is 1.09 bits per heavy atom. The lowest BCUT2D eigenvalue weighted by Gasteiger charge is -2.60. The van der Waals surface area contributed by atoms with Gasteiger partial charge in [-0.1, -0.05) is 32.0 Å². The van der Waals surface area contributed by atoms with E-state index >= 15 is 0 Å². The van der Waals surface area contributed by atoms with Crippen LogP contribution in [-0.2, 0) is 9.59 Å². The van der Waals surface area contributed by atoms with Crippen LogP contribution < -0.4 is 5.32 Å². The minimum atomic E-state index is -0.595. The van der Waals surface area contributed by atoms with Gasteiger partial charge < -0.3 is 10.2 Å². The summed E-state index contributed by atoms with van der Waals surface area (Å²) >= 11 is 0. The lowest BCUT2D eigenvalue weighted by atomic mass is 9.47. The molecule has 2 unspecified atom stereocenters. The van der Waals surface area contributed by atoms with Crippen LogP contribution in [0.3, 0.4) is 0 Å². The molecule has 5 rings (SSSR count). The van der Waals surface area contributed by atoms with E-state index in [0.29, 0.717) is 17.8 Å². The molecule has 5 heteroatoms. The van der Waals surface area contributed by atoms with Gasteiger partial charge in [0.15, 0.2) is 5.83 Å². The van der Waals surface area contributed by atoms with Crippen LogP contribution >= 0.6 is 0 Å². The fraction of sp³-hybridized carbons (Fsp3) is 0.630. The number of halogens is 1. The number of nitrogens with zero attached hydrogens (tertiary/aromatic N) is 1. The number of nitrogens with one attached hydrogen (secondary N) is 1. The van der Waals surface area contributed by atoms with Crippen molar-refractivity contribution in [2.45, 2.75) is 65.3 Å². The van der Waals surface area contributed by atoms with Crippen LogP contribution in [-0.4, -0.2) is 29.8 Å². The zero-order valence-corrected chi connectivity index (χ0v) is 19.7. The Labute approximate surface area is 190 Å². The first kappa shape index (κ1) is 21.7. The lowest BCUT2D eigenvalue weighted by Crippen LogP contribution is -2.60. The molecule has 3 fully saturated rings. The fourth-order valence-electron chi connectivity index (χ4n) is 8.19. The lowest BCUT2D eigenvalue weighted by molar-refractivity contribution is -0.144. The first-order valence-corrected chi connectivity index (χ1v) is 12.2. The van der Waals surface area contributed by atoms with Crippen molar-refractivity contribution in [3.8, 4) is 0 Å². The summed E-state index contributed by atoms with van der Waals surface area (Å²) in [6, 6.07) is 8.02. The fourth-order valence-corrected chi connectivity index (χ4v) is 8.19. The zero-order chi connectivity index (χ0) is 22.8. The van der Waals surface area contributed by atoms with Crippen LogP contribution in [0.2, 0.25) is 0 Å². The molecule has 32 heavy (non-hydrogen) atoms. The van der Waals surface area contributed by atoms with Gasteiger partial charge in [-0.2, -0.15) is 0 Å². The summed E-state index contributed by atoms with van der Waals surface area (Å²) in [4.78, 5) is 27.3. The molecule has 0 spiro atoms. The predicted molar refractivity (Wildman–Crippen MR) is 123 cm³/mol. The highest BCUT2D eigenvalue weighted by atomic mass is 19.1. The highest BCUT2D eigenvalue weighted by molar-refractivity contribution is 5.94. The van der Waals surface area contributed by atoms with Gasteiger partial charge in [-0.15, -0.1) is 0 Å². The van der Waals surface area contributed by atoms with Crippen molar-refractivity contribution >= 4 is 17.5 Å². The van der Waals surface area contributed by atoms with Gasteiger partial charge in [-0.25, -0.2) is 4.39 Å². The molecule has 172 valence electrons. The molecule has 1 aromatic rings. The maximum absolute atomic E-state index is 14.6. The molecule has 4 aliphatic rings. The number of carbonyl (C=O) groups excluding carboxylic acids is 2. The molecule has 1 aromatic carbocycles. The number of benzene rings is 1. The molecule has 3 aliphatic carbocycles. The Morgan fingerprint density at radius 3 is 2.59 bits per heavy atom. The third-order valence-corrected chi connectivity index (χ3v) is 9.88. The monoisotopic (exact) mass is 438 g/mol. The third-order valence-electron chi connectivity index (χ3n) is 9.88. The molecular formula is C27H35FN2O2. The number of aryl methyl sites for hydroxylation is 1. The zero-order valence-electron chi connectivity index (χ0n) is 19.7. The second-order valence-corrected chi connectivity index (χ2v) is 11.2. The van der Waals surface area contributed by atoms with E-state index in [9.17, 15) is 14.0 Å². The van der Waals surface area contributed by atoms with E-state index < -0.39 is 11.7 Å². The van der Waals surface area contributed by atoms with E-state index in [1.165, 1.54) is 0 Å². The second kappa shape index (κ2) is 7.43. The normalized spacial score (nSPS) is 40.8. The standard InChI is InChI=1S/C27H35FN2O2/c1-16-7-5-6-8-22(16)29-24(31)20-11-10-18-17-9-12-23-27(3,15-21(28)25(32)30(23)4)19(17)13-14-26(18,20)2/h5-8,15,17-20,23H,9-14H2,1-4H3,(H,29,31)/t17-,18-,19+,20?,23?,26-,27+/m0/s1. The Hall–Kier alpha value is -2.17. The van der Waals surface area contributed by atoms with E-state index in [0.717, 1.165) is 49.8 Å². The summed E-state index contributed by atoms with van der Waals surface area (Å²) in [5.41, 5.74) is 1.65. The van der Waals surface area contributed by atoms with Crippen molar-refractivity contribution in [1.82, 2.24) is 4.90 Å². The number of hydrogen-bond donors (Lipinski definition) is 1. The van der Waals surface area contributed by atoms with Crippen LogP contribution in [0.4, 0.5) is 10.1 Å². The van der Waals surface area contributed by atoms with Gasteiger partial charge in [0.05, 0.1) is 0 Å². The van der Waals surface area contributed by atoms with Gasteiger partial charge in [0.25, 0.3) is 5.91 Å². The molecular weight excluding hydrogens is 403 g/mol. The first-order valence-electron chi connectivity index (χ1n) is 12.2. The Kier molecular flexibility index (Phi) is 5.03. The molecule has 4 nitrogen and oxygen atoms in total. The first-order chi connectivity index (χ1) is 15.2. The Bertz CT molecular complexity index is 990. The number of carbonyl (C=O) groups is 2. The molecule has 3 saturated carbocycles. The van der Waals surface area contributed by atoms with Crippen LogP contribution in [0.15, 0.2) is 36.2 Å². The number of amides is 2. The van der Waals surface area contributed by atoms with Crippen molar-refractivity contribution < 1.29 is 14.0 Å². The third kappa shape index (κ3) is 2.99. The average molecular weight is 439 g/mol. The van der Waals surface area contributed by atoms with Gasteiger partial charge >= 0.3 is 0 Å². The molecule has 0 radical (unpaired) electrons. The molecule has 2 amide bonds. The summed E-state index contributed by atoms with van der Waals surface area (Å²) in [5, 5.41) is 3.21. The highest BCUT2D eigenvalue weighted by Gasteiger charge is 2.62. The largest absolute Gasteiger partial charge is 0.336 e. The Morgan fingerprint density at radius 2 is 1.84 bits per heavy atom. The van der Waals surface area contributed by atoms with Crippen molar-refractivity contribution in [2.75, 3.05) is 12.4 Å². The minimum absolute atomic E-state index is 0.0153. The SMILES string of the molecule is Cc1ccccc1NC(=O)C1CC[C@H]2[C@@H]3CCC4N(C)C(=O)C(F)=C[C@]4(C)[C@@H]3CC[C@]12C. The van der Waals surface area contributed by atoms with Crippen molar-refractivity contribution in [2.24, 2.45) is 34.5 Å². The van der Waals surface area contributed by atoms with E-state index in [2.05, 4.69) is 19.2 Å². The predicted octanol–water partition coefficient (Wildman–Crippen LogP) is 5.49. The average Bonchev–Trinajstić information content (AvgIpc) is 3.11. The molecule has 0 bridgehead atoms. The number of hydrogen-bond acceptors (Lipinski definition) is 2. The van der Waals surface area contributed by atoms with Crippen LogP contribution in [0, 0.1) is 41.4 Å². The maximum atomic E-state index is 14.6. The molecule has 0 saturated heterocycles. The van der Waals surface area contributed by atoms with E-state index in [1.807, 2.05) is 31.2 Å². The maximum Gasteiger partial charge on any atom is 0.282 e. The highest BCUT2D eigenvalue weighted by Crippen LogP contribution is 2.65. The van der Waals surface area contributed by atoms with Crippen LogP contribution in [0.1, 0.15) is 57.9 Å². The van der Waals surface area contributed by atoms with Gasteiger partial charge in [-0.05, 0) is 86.3 Å². The number of rotatable bonds is 2. The summed E-state index contributed by atoms with van der Waals surface area (Å²) < 4.78 is 14.6. The second-order valence-electron chi connectivity index (χ2n) is 11.2. The van der Waals surface area contributed by atoms with E-state index in [1.54, 1.807) is 18.0 Å². The summed E-state index contributed by atoms with van der Waals surface area (Å²) in [5.74, 6) is 0.419. The topological polar surface area (TPSA) is 49.4 Å². The number of para-hydroxylation sites is 1. The summed E-state index contributed by atoms with van der Waals surface area (Å²) in [7, 11) is 1.76. The number of anilines is 1. The molecule has 1 aliphatic heterocycles. The quantitative estimate of drug-likeness (QED) is 0.664. The minimum Gasteiger partial charge on any atom is -0.336 e. The smallest absolute Gasteiger partial charge is 0.282 e. The Balaban J connectivity index is 1.40. The molecule has 1 heterocycles. The summed E-state index contributed by atoms with van der Waals surface area (Å²) in [6.45, 7) is 6.51. The van der Waals surface area contributed by atoms with Crippen molar-refractivity contribution in [3.05, 3.63) is 41.7 Å². The molecule has 1 N–H and O–H groups in total. The summed E-state index contributed by atoms with van der Waals surface area (Å²) in [6.07, 6.45) is 7.58. The van der Waals surface area contributed by atoms with Crippen LogP contribution in [0.25, 0.3) is 0 Å².